The van der Waals surface area contributed by atoms with Gasteiger partial charge in [0.15, 0.2) is 0 Å². The summed E-state index contributed by atoms with van der Waals surface area (Å²) in [7, 11) is 0. The standard InChI is InChI=1S/C10H18O2/c1-8(11)5-6-10(3,4)7-9(2)12/h5-7H2,1-4H3. The number of Topliss-reactive ketones (excluding diaryl/α,β-unsaturated/α-hetero) is 2. The first-order valence-corrected chi connectivity index (χ1v) is 4.32. The third-order valence-electron chi connectivity index (χ3n) is 1.88. The molecule has 0 aliphatic carbocycles. The molecular weight excluding hydrogens is 152 g/mol. The summed E-state index contributed by atoms with van der Waals surface area (Å²) >= 11 is 0. The van der Waals surface area contributed by atoms with Crippen LogP contribution in [-0.4, -0.2) is 11.6 Å². The summed E-state index contributed by atoms with van der Waals surface area (Å²) in [5.74, 6) is 0.398. The average Bonchev–Trinajstić information content (AvgIpc) is 1.81. The van der Waals surface area contributed by atoms with Crippen molar-refractivity contribution in [1.29, 1.82) is 0 Å². The van der Waals surface area contributed by atoms with Gasteiger partial charge in [0.2, 0.25) is 0 Å². The van der Waals surface area contributed by atoms with Crippen molar-refractivity contribution < 1.29 is 9.59 Å². The van der Waals surface area contributed by atoms with Crippen molar-refractivity contribution in [3.8, 4) is 0 Å². The number of rotatable bonds is 5. The highest BCUT2D eigenvalue weighted by Crippen LogP contribution is 2.26. The van der Waals surface area contributed by atoms with Crippen molar-refractivity contribution >= 4 is 11.6 Å². The van der Waals surface area contributed by atoms with Crippen LogP contribution in [0.1, 0.15) is 47.0 Å². The lowest BCUT2D eigenvalue weighted by atomic mass is 9.82. The Morgan fingerprint density at radius 1 is 1.08 bits per heavy atom. The van der Waals surface area contributed by atoms with Crippen molar-refractivity contribution in [3.63, 3.8) is 0 Å². The van der Waals surface area contributed by atoms with Gasteiger partial charge in [-0.25, -0.2) is 0 Å². The summed E-state index contributed by atoms with van der Waals surface area (Å²) in [6, 6.07) is 0. The Balaban J connectivity index is 3.86. The molecule has 0 bridgehead atoms. The van der Waals surface area contributed by atoms with E-state index in [9.17, 15) is 9.59 Å². The van der Waals surface area contributed by atoms with Crippen LogP contribution >= 0.6 is 0 Å². The normalized spacial score (nSPS) is 11.3. The second-order valence-electron chi connectivity index (χ2n) is 4.25. The Morgan fingerprint density at radius 3 is 1.92 bits per heavy atom. The van der Waals surface area contributed by atoms with Crippen LogP contribution in [0.15, 0.2) is 0 Å². The predicted octanol–water partition coefficient (Wildman–Crippen LogP) is 2.36. The Kier molecular flexibility index (Phi) is 4.15. The third-order valence-corrected chi connectivity index (χ3v) is 1.88. The second-order valence-corrected chi connectivity index (χ2v) is 4.25. The van der Waals surface area contributed by atoms with Gasteiger partial charge in [-0.1, -0.05) is 13.8 Å². The quantitative estimate of drug-likeness (QED) is 0.634. The van der Waals surface area contributed by atoms with E-state index >= 15 is 0 Å². The van der Waals surface area contributed by atoms with E-state index in [2.05, 4.69) is 0 Å². The molecule has 0 radical (unpaired) electrons. The molecule has 0 aromatic heterocycles. The van der Waals surface area contributed by atoms with Gasteiger partial charge in [-0.3, -0.25) is 0 Å². The predicted molar refractivity (Wildman–Crippen MR) is 49.0 cm³/mol. The smallest absolute Gasteiger partial charge is 0.130 e. The maximum absolute atomic E-state index is 10.8. The van der Waals surface area contributed by atoms with E-state index in [1.165, 1.54) is 0 Å². The molecule has 0 spiro atoms. The van der Waals surface area contributed by atoms with E-state index in [4.69, 9.17) is 0 Å². The first kappa shape index (κ1) is 11.3. The van der Waals surface area contributed by atoms with E-state index in [-0.39, 0.29) is 17.0 Å². The van der Waals surface area contributed by atoms with E-state index < -0.39 is 0 Å². The lowest BCUT2D eigenvalue weighted by molar-refractivity contribution is -0.120. The summed E-state index contributed by atoms with van der Waals surface area (Å²) in [4.78, 5) is 21.5. The Bertz CT molecular complexity index is 180. The molecule has 0 atom stereocenters. The van der Waals surface area contributed by atoms with Crippen LogP contribution in [0, 0.1) is 5.41 Å². The number of carbonyl (C=O) groups excluding carboxylic acids is 2. The first-order valence-electron chi connectivity index (χ1n) is 4.32. The summed E-state index contributed by atoms with van der Waals surface area (Å²) in [5, 5.41) is 0. The van der Waals surface area contributed by atoms with Crippen molar-refractivity contribution in [2.24, 2.45) is 5.41 Å². The molecule has 0 aromatic rings. The first-order chi connectivity index (χ1) is 5.33. The molecule has 12 heavy (non-hydrogen) atoms. The largest absolute Gasteiger partial charge is 0.300 e. The zero-order valence-corrected chi connectivity index (χ0v) is 8.44. The third kappa shape index (κ3) is 6.08. The monoisotopic (exact) mass is 170 g/mol. The minimum absolute atomic E-state index is 0.0164. The van der Waals surface area contributed by atoms with Crippen molar-refractivity contribution in [2.45, 2.75) is 47.0 Å². The maximum atomic E-state index is 10.8. The number of hydrogen-bond donors (Lipinski definition) is 0. The minimum atomic E-state index is -0.0164. The highest BCUT2D eigenvalue weighted by molar-refractivity contribution is 5.77. The van der Waals surface area contributed by atoms with Crippen LogP contribution in [0.25, 0.3) is 0 Å². The van der Waals surface area contributed by atoms with E-state index in [0.29, 0.717) is 12.8 Å². The molecule has 0 aliphatic heterocycles. The Hall–Kier alpha value is -0.660. The zero-order chi connectivity index (χ0) is 9.78. The number of hydrogen-bond acceptors (Lipinski definition) is 2. The molecule has 0 N–H and O–H groups in total. The van der Waals surface area contributed by atoms with Gasteiger partial charge in [-0.15, -0.1) is 0 Å². The average molecular weight is 170 g/mol. The summed E-state index contributed by atoms with van der Waals surface area (Å²) in [6.45, 7) is 7.23. The lowest BCUT2D eigenvalue weighted by Crippen LogP contribution is -2.16. The SMILES string of the molecule is CC(=O)CCC(C)(C)CC(C)=O. The highest BCUT2D eigenvalue weighted by Gasteiger charge is 2.19. The van der Waals surface area contributed by atoms with Crippen LogP contribution in [0.3, 0.4) is 0 Å². The molecule has 0 heterocycles. The van der Waals surface area contributed by atoms with Crippen molar-refractivity contribution in [2.75, 3.05) is 0 Å². The van der Waals surface area contributed by atoms with Crippen LogP contribution in [0.5, 0.6) is 0 Å². The maximum Gasteiger partial charge on any atom is 0.130 e. The fourth-order valence-corrected chi connectivity index (χ4v) is 1.28. The molecule has 2 heteroatoms. The van der Waals surface area contributed by atoms with Gasteiger partial charge in [0.05, 0.1) is 0 Å². The van der Waals surface area contributed by atoms with Crippen LogP contribution in [0.2, 0.25) is 0 Å². The molecule has 0 amide bonds. The van der Waals surface area contributed by atoms with Gasteiger partial charge in [-0.05, 0) is 25.7 Å². The topological polar surface area (TPSA) is 34.1 Å². The summed E-state index contributed by atoms with van der Waals surface area (Å²) < 4.78 is 0. The Morgan fingerprint density at radius 2 is 1.58 bits per heavy atom. The Labute approximate surface area is 74.3 Å². The molecule has 0 saturated carbocycles. The fourth-order valence-electron chi connectivity index (χ4n) is 1.28. The van der Waals surface area contributed by atoms with Crippen molar-refractivity contribution in [3.05, 3.63) is 0 Å². The van der Waals surface area contributed by atoms with Crippen molar-refractivity contribution in [1.82, 2.24) is 0 Å². The van der Waals surface area contributed by atoms with Crippen LogP contribution < -0.4 is 0 Å². The minimum Gasteiger partial charge on any atom is -0.300 e. The molecule has 0 rings (SSSR count). The molecule has 70 valence electrons. The second kappa shape index (κ2) is 4.39. The van der Waals surface area contributed by atoms with Gasteiger partial charge >= 0.3 is 0 Å². The molecule has 0 fully saturated rings. The fraction of sp³-hybridized carbons (Fsp3) is 0.800. The van der Waals surface area contributed by atoms with Crippen LogP contribution in [0.4, 0.5) is 0 Å². The number of carbonyl (C=O) groups is 2. The van der Waals surface area contributed by atoms with E-state index in [0.717, 1.165) is 6.42 Å². The van der Waals surface area contributed by atoms with Gasteiger partial charge in [0, 0.05) is 12.8 Å². The van der Waals surface area contributed by atoms with Crippen LogP contribution in [-0.2, 0) is 9.59 Å². The van der Waals surface area contributed by atoms with E-state index in [1.54, 1.807) is 13.8 Å². The summed E-state index contributed by atoms with van der Waals surface area (Å²) in [6.07, 6.45) is 1.96. The summed E-state index contributed by atoms with van der Waals surface area (Å²) in [5.41, 5.74) is -0.0164. The molecule has 2 nitrogen and oxygen atoms in total. The number of ketones is 2. The molecule has 0 aromatic carbocycles. The zero-order valence-electron chi connectivity index (χ0n) is 8.44. The van der Waals surface area contributed by atoms with Gasteiger partial charge < -0.3 is 9.59 Å². The lowest BCUT2D eigenvalue weighted by Gasteiger charge is -2.22. The molecule has 0 saturated heterocycles. The van der Waals surface area contributed by atoms with Gasteiger partial charge in [0.1, 0.15) is 11.6 Å². The molecular formula is C10H18O2. The van der Waals surface area contributed by atoms with Gasteiger partial charge in [0.25, 0.3) is 0 Å². The molecule has 0 unspecified atom stereocenters. The molecule has 0 aliphatic rings. The highest BCUT2D eigenvalue weighted by atomic mass is 16.1. The van der Waals surface area contributed by atoms with Gasteiger partial charge in [-0.2, -0.15) is 0 Å². The van der Waals surface area contributed by atoms with E-state index in [1.807, 2.05) is 13.8 Å².